The van der Waals surface area contributed by atoms with Gasteiger partial charge in [-0.05, 0) is 49.5 Å². The minimum Gasteiger partial charge on any atom is -0.324 e. The van der Waals surface area contributed by atoms with Gasteiger partial charge in [-0.1, -0.05) is 6.07 Å². The van der Waals surface area contributed by atoms with Crippen LogP contribution in [0.1, 0.15) is 0 Å². The highest BCUT2D eigenvalue weighted by molar-refractivity contribution is 7.89. The van der Waals surface area contributed by atoms with E-state index in [9.17, 15) is 8.42 Å². The van der Waals surface area contributed by atoms with Gasteiger partial charge < -0.3 is 5.32 Å². The Labute approximate surface area is 156 Å². The number of imidazole rings is 1. The number of pyridine rings is 1. The standard InChI is InChI=1S/C18H16N6O2S/c1-19-27(25,26)14-7-5-13(6-8-14)22-18-20-10-9-15(23-18)16-12-21-17-4-2-3-11-24(16)17/h2-12,19H,1H3,(H,20,22,23). The van der Waals surface area contributed by atoms with E-state index in [1.54, 1.807) is 24.5 Å². The van der Waals surface area contributed by atoms with E-state index in [1.807, 2.05) is 34.9 Å². The number of nitrogens with zero attached hydrogens (tertiary/aromatic N) is 4. The second kappa shape index (κ2) is 6.78. The van der Waals surface area contributed by atoms with Crippen LogP contribution in [0.15, 0.2) is 72.0 Å². The Morgan fingerprint density at radius 3 is 2.59 bits per heavy atom. The smallest absolute Gasteiger partial charge is 0.240 e. The molecule has 0 aliphatic heterocycles. The largest absolute Gasteiger partial charge is 0.324 e. The summed E-state index contributed by atoms with van der Waals surface area (Å²) in [6.45, 7) is 0. The number of sulfonamides is 1. The Balaban J connectivity index is 1.62. The third kappa shape index (κ3) is 3.37. The Morgan fingerprint density at radius 2 is 1.81 bits per heavy atom. The minimum atomic E-state index is -3.46. The maximum Gasteiger partial charge on any atom is 0.240 e. The second-order valence-electron chi connectivity index (χ2n) is 5.69. The van der Waals surface area contributed by atoms with Crippen LogP contribution in [0, 0.1) is 0 Å². The van der Waals surface area contributed by atoms with E-state index in [1.165, 1.54) is 19.2 Å². The summed E-state index contributed by atoms with van der Waals surface area (Å²) in [4.78, 5) is 13.3. The van der Waals surface area contributed by atoms with Crippen LogP contribution < -0.4 is 10.0 Å². The first-order valence-electron chi connectivity index (χ1n) is 8.13. The van der Waals surface area contributed by atoms with Gasteiger partial charge in [0.25, 0.3) is 0 Å². The second-order valence-corrected chi connectivity index (χ2v) is 7.58. The van der Waals surface area contributed by atoms with Crippen molar-refractivity contribution in [2.75, 3.05) is 12.4 Å². The van der Waals surface area contributed by atoms with Crippen molar-refractivity contribution in [3.8, 4) is 11.4 Å². The van der Waals surface area contributed by atoms with E-state index < -0.39 is 10.0 Å². The van der Waals surface area contributed by atoms with Gasteiger partial charge in [0.05, 0.1) is 22.5 Å². The third-order valence-electron chi connectivity index (χ3n) is 4.02. The molecule has 0 radical (unpaired) electrons. The fraction of sp³-hybridized carbons (Fsp3) is 0.0556. The molecule has 8 nitrogen and oxygen atoms in total. The normalized spacial score (nSPS) is 11.6. The van der Waals surface area contributed by atoms with E-state index in [-0.39, 0.29) is 4.90 Å². The molecule has 4 aromatic rings. The lowest BCUT2D eigenvalue weighted by atomic mass is 10.3. The summed E-state index contributed by atoms with van der Waals surface area (Å²) in [7, 11) is -2.09. The molecule has 2 N–H and O–H groups in total. The van der Waals surface area contributed by atoms with Crippen LogP contribution in [0.2, 0.25) is 0 Å². The third-order valence-corrected chi connectivity index (χ3v) is 5.45. The molecule has 0 saturated carbocycles. The van der Waals surface area contributed by atoms with Crippen LogP contribution in [0.3, 0.4) is 0 Å². The lowest BCUT2D eigenvalue weighted by Gasteiger charge is -2.08. The average Bonchev–Trinajstić information content (AvgIpc) is 3.13. The van der Waals surface area contributed by atoms with Crippen LogP contribution in [-0.2, 0) is 10.0 Å². The highest BCUT2D eigenvalue weighted by Crippen LogP contribution is 2.21. The van der Waals surface area contributed by atoms with E-state index >= 15 is 0 Å². The Morgan fingerprint density at radius 1 is 1.00 bits per heavy atom. The molecule has 0 spiro atoms. The molecule has 0 aliphatic rings. The zero-order valence-electron chi connectivity index (χ0n) is 14.4. The number of hydrogen-bond donors (Lipinski definition) is 2. The predicted molar refractivity (Wildman–Crippen MR) is 102 cm³/mol. The number of anilines is 2. The van der Waals surface area contributed by atoms with Gasteiger partial charge >= 0.3 is 0 Å². The van der Waals surface area contributed by atoms with Crippen molar-refractivity contribution in [1.29, 1.82) is 0 Å². The monoisotopic (exact) mass is 380 g/mol. The zero-order chi connectivity index (χ0) is 18.9. The predicted octanol–water partition coefficient (Wildman–Crippen LogP) is 2.44. The molecule has 1 aromatic carbocycles. The van der Waals surface area contributed by atoms with Gasteiger partial charge in [0.1, 0.15) is 5.65 Å². The van der Waals surface area contributed by atoms with Crippen LogP contribution in [0.25, 0.3) is 17.0 Å². The summed E-state index contributed by atoms with van der Waals surface area (Å²) in [5, 5.41) is 3.08. The van der Waals surface area contributed by atoms with E-state index in [0.29, 0.717) is 11.6 Å². The maximum atomic E-state index is 11.8. The van der Waals surface area contributed by atoms with Crippen molar-refractivity contribution in [2.24, 2.45) is 0 Å². The molecule has 0 atom stereocenters. The van der Waals surface area contributed by atoms with Crippen LogP contribution >= 0.6 is 0 Å². The summed E-state index contributed by atoms with van der Waals surface area (Å²) in [6.07, 6.45) is 5.35. The molecule has 0 amide bonds. The van der Waals surface area contributed by atoms with Crippen molar-refractivity contribution < 1.29 is 8.42 Å². The van der Waals surface area contributed by atoms with Gasteiger partial charge in [-0.15, -0.1) is 0 Å². The lowest BCUT2D eigenvalue weighted by molar-refractivity contribution is 0.588. The molecule has 4 rings (SSSR count). The number of fused-ring (bicyclic) bond motifs is 1. The summed E-state index contributed by atoms with van der Waals surface area (Å²) >= 11 is 0. The van der Waals surface area contributed by atoms with Gasteiger partial charge in [0.15, 0.2) is 0 Å². The molecule has 136 valence electrons. The fourth-order valence-corrected chi connectivity index (χ4v) is 3.38. The Hall–Kier alpha value is -3.30. The number of rotatable bonds is 5. The van der Waals surface area contributed by atoms with Crippen molar-refractivity contribution >= 4 is 27.3 Å². The molecule has 3 aromatic heterocycles. The molecule has 9 heteroatoms. The van der Waals surface area contributed by atoms with E-state index in [2.05, 4.69) is 25.0 Å². The topological polar surface area (TPSA) is 101 Å². The van der Waals surface area contributed by atoms with Crippen molar-refractivity contribution in [2.45, 2.75) is 4.90 Å². The van der Waals surface area contributed by atoms with E-state index in [4.69, 9.17) is 0 Å². The van der Waals surface area contributed by atoms with Gasteiger partial charge in [0, 0.05) is 18.1 Å². The molecule has 0 saturated heterocycles. The minimum absolute atomic E-state index is 0.191. The maximum absolute atomic E-state index is 11.8. The first-order valence-corrected chi connectivity index (χ1v) is 9.61. The quantitative estimate of drug-likeness (QED) is 0.551. The Kier molecular flexibility index (Phi) is 4.30. The van der Waals surface area contributed by atoms with Crippen molar-refractivity contribution in [3.05, 3.63) is 67.1 Å². The fourth-order valence-electron chi connectivity index (χ4n) is 2.65. The van der Waals surface area contributed by atoms with E-state index in [0.717, 1.165) is 17.0 Å². The first kappa shape index (κ1) is 17.1. The van der Waals surface area contributed by atoms with Gasteiger partial charge in [-0.25, -0.2) is 28.1 Å². The highest BCUT2D eigenvalue weighted by atomic mass is 32.2. The summed E-state index contributed by atoms with van der Waals surface area (Å²) < 4.78 is 27.8. The first-order chi connectivity index (χ1) is 13.1. The van der Waals surface area contributed by atoms with Crippen molar-refractivity contribution in [1.82, 2.24) is 24.1 Å². The molecule has 3 heterocycles. The number of aromatic nitrogens is 4. The van der Waals surface area contributed by atoms with Gasteiger partial charge in [-0.2, -0.15) is 0 Å². The SMILES string of the molecule is CNS(=O)(=O)c1ccc(Nc2nccc(-c3cnc4ccccn34)n2)cc1. The van der Waals surface area contributed by atoms with Gasteiger partial charge in [0.2, 0.25) is 16.0 Å². The van der Waals surface area contributed by atoms with Crippen LogP contribution in [0.4, 0.5) is 11.6 Å². The molecule has 27 heavy (non-hydrogen) atoms. The number of hydrogen-bond acceptors (Lipinski definition) is 6. The summed E-state index contributed by atoms with van der Waals surface area (Å²) in [5.74, 6) is 0.405. The number of benzene rings is 1. The average molecular weight is 380 g/mol. The van der Waals surface area contributed by atoms with Crippen LogP contribution in [0.5, 0.6) is 0 Å². The Bertz CT molecular complexity index is 1200. The van der Waals surface area contributed by atoms with Gasteiger partial charge in [-0.3, -0.25) is 4.40 Å². The zero-order valence-corrected chi connectivity index (χ0v) is 15.2. The van der Waals surface area contributed by atoms with Crippen LogP contribution in [-0.4, -0.2) is 34.8 Å². The number of nitrogens with one attached hydrogen (secondary N) is 2. The molecule has 0 fully saturated rings. The molecular weight excluding hydrogens is 364 g/mol. The molecule has 0 bridgehead atoms. The molecule has 0 unspecified atom stereocenters. The molecular formula is C18H16N6O2S. The van der Waals surface area contributed by atoms with Crippen molar-refractivity contribution in [3.63, 3.8) is 0 Å². The highest BCUT2D eigenvalue weighted by Gasteiger charge is 2.11. The summed E-state index contributed by atoms with van der Waals surface area (Å²) in [6, 6.07) is 13.9. The molecule has 0 aliphatic carbocycles. The lowest BCUT2D eigenvalue weighted by Crippen LogP contribution is -2.18. The summed E-state index contributed by atoms with van der Waals surface area (Å²) in [5.41, 5.74) is 3.09.